The van der Waals surface area contributed by atoms with Crippen molar-refractivity contribution >= 4 is 17.6 Å². The molecule has 2 heterocycles. The van der Waals surface area contributed by atoms with Gasteiger partial charge in [0.15, 0.2) is 5.78 Å². The molecule has 144 valence electrons. The summed E-state index contributed by atoms with van der Waals surface area (Å²) >= 11 is 0. The number of Topliss-reactive ketones (excluding diaryl/α,β-unsaturated/α-hetero) is 1. The van der Waals surface area contributed by atoms with Crippen LogP contribution in [0.2, 0.25) is 0 Å². The zero-order valence-electron chi connectivity index (χ0n) is 15.6. The molecule has 1 saturated heterocycles. The van der Waals surface area contributed by atoms with Crippen molar-refractivity contribution in [3.8, 4) is 0 Å². The molecule has 2 amide bonds. The molecule has 4 rings (SSSR count). The standard InChI is InChI=1S/C21H21N3O4/c1-13-12-23(21(28)17-3-2-4-19(26)22-17)9-10-24(13)20(27)15-5-7-16-14(11-15)6-8-18(16)25/h2-5,7,11,13H,6,8-10,12H2,1H3,(H,22,26)/t13-/m1/s1. The molecule has 0 bridgehead atoms. The SMILES string of the molecule is C[C@@H]1CN(C(=O)c2cccc(=O)[nH]2)CCN1C(=O)c1ccc2c(c1)CCC2=O. The number of nitrogens with one attached hydrogen (secondary N) is 1. The largest absolute Gasteiger partial charge is 0.334 e. The van der Waals surface area contributed by atoms with Crippen LogP contribution in [0.5, 0.6) is 0 Å². The van der Waals surface area contributed by atoms with E-state index < -0.39 is 0 Å². The Kier molecular flexibility index (Phi) is 4.58. The number of piperazine rings is 1. The summed E-state index contributed by atoms with van der Waals surface area (Å²) in [5.74, 6) is -0.198. The first-order valence-electron chi connectivity index (χ1n) is 9.40. The summed E-state index contributed by atoms with van der Waals surface area (Å²) in [5, 5.41) is 0. The van der Waals surface area contributed by atoms with Crippen molar-refractivity contribution in [2.24, 2.45) is 0 Å². The summed E-state index contributed by atoms with van der Waals surface area (Å²) in [5.41, 5.74) is 2.17. The quantitative estimate of drug-likeness (QED) is 0.856. The summed E-state index contributed by atoms with van der Waals surface area (Å²) in [4.78, 5) is 54.8. The zero-order chi connectivity index (χ0) is 19.8. The van der Waals surface area contributed by atoms with Gasteiger partial charge in [0.25, 0.3) is 11.8 Å². The Hall–Kier alpha value is -3.22. The minimum atomic E-state index is -0.317. The van der Waals surface area contributed by atoms with Crippen LogP contribution in [0.25, 0.3) is 0 Å². The molecule has 0 radical (unpaired) electrons. The number of carbonyl (C=O) groups is 3. The summed E-state index contributed by atoms with van der Waals surface area (Å²) in [6, 6.07) is 9.61. The molecule has 1 fully saturated rings. The van der Waals surface area contributed by atoms with Gasteiger partial charge in [-0.05, 0) is 37.1 Å². The molecule has 2 aliphatic rings. The predicted molar refractivity (Wildman–Crippen MR) is 103 cm³/mol. The number of aromatic nitrogens is 1. The Morgan fingerprint density at radius 2 is 1.86 bits per heavy atom. The lowest BCUT2D eigenvalue weighted by atomic mass is 10.0. The Morgan fingerprint density at radius 1 is 1.04 bits per heavy atom. The third kappa shape index (κ3) is 3.24. The summed E-state index contributed by atoms with van der Waals surface area (Å²) in [6.07, 6.45) is 1.19. The van der Waals surface area contributed by atoms with E-state index in [0.29, 0.717) is 38.0 Å². The van der Waals surface area contributed by atoms with Crippen molar-refractivity contribution in [2.75, 3.05) is 19.6 Å². The molecule has 2 aromatic rings. The molecule has 1 aromatic heterocycles. The molecule has 7 nitrogen and oxygen atoms in total. The van der Waals surface area contributed by atoms with Gasteiger partial charge in [0.2, 0.25) is 5.56 Å². The van der Waals surface area contributed by atoms with Crippen LogP contribution in [-0.4, -0.2) is 58.1 Å². The third-order valence-corrected chi connectivity index (χ3v) is 5.45. The molecule has 28 heavy (non-hydrogen) atoms. The molecule has 7 heteroatoms. The number of aromatic amines is 1. The van der Waals surface area contributed by atoms with E-state index in [2.05, 4.69) is 4.98 Å². The molecule has 0 unspecified atom stereocenters. The highest BCUT2D eigenvalue weighted by molar-refractivity contribution is 6.02. The lowest BCUT2D eigenvalue weighted by Gasteiger charge is -2.40. The zero-order valence-corrected chi connectivity index (χ0v) is 15.6. The number of fused-ring (bicyclic) bond motifs is 1. The molecule has 1 N–H and O–H groups in total. The number of pyridine rings is 1. The van der Waals surface area contributed by atoms with E-state index in [1.165, 1.54) is 6.07 Å². The lowest BCUT2D eigenvalue weighted by molar-refractivity contribution is 0.0411. The van der Waals surface area contributed by atoms with Gasteiger partial charge in [-0.3, -0.25) is 19.2 Å². The minimum Gasteiger partial charge on any atom is -0.334 e. The Bertz CT molecular complexity index is 1030. The van der Waals surface area contributed by atoms with Crippen molar-refractivity contribution in [3.63, 3.8) is 0 Å². The fourth-order valence-electron chi connectivity index (χ4n) is 3.94. The molecule has 1 atom stereocenters. The van der Waals surface area contributed by atoms with E-state index in [4.69, 9.17) is 0 Å². The monoisotopic (exact) mass is 379 g/mol. The van der Waals surface area contributed by atoms with E-state index in [1.807, 2.05) is 13.0 Å². The van der Waals surface area contributed by atoms with Crippen LogP contribution < -0.4 is 5.56 Å². The maximum atomic E-state index is 13.0. The van der Waals surface area contributed by atoms with Gasteiger partial charge >= 0.3 is 0 Å². The lowest BCUT2D eigenvalue weighted by Crippen LogP contribution is -2.55. The van der Waals surface area contributed by atoms with Gasteiger partial charge in [-0.25, -0.2) is 0 Å². The molecular weight excluding hydrogens is 358 g/mol. The number of nitrogens with zero attached hydrogens (tertiary/aromatic N) is 2. The first kappa shape index (κ1) is 18.2. The summed E-state index contributed by atoms with van der Waals surface area (Å²) in [7, 11) is 0. The Labute approximate surface area is 162 Å². The van der Waals surface area contributed by atoms with E-state index in [0.717, 1.165) is 11.1 Å². The van der Waals surface area contributed by atoms with Gasteiger partial charge in [-0.1, -0.05) is 12.1 Å². The van der Waals surface area contributed by atoms with Gasteiger partial charge < -0.3 is 14.8 Å². The van der Waals surface area contributed by atoms with E-state index in [-0.39, 0.29) is 34.9 Å². The molecular formula is C21H21N3O4. The number of H-pyrrole nitrogens is 1. The number of carbonyl (C=O) groups excluding carboxylic acids is 3. The predicted octanol–water partition coefficient (Wildman–Crippen LogP) is 1.49. The van der Waals surface area contributed by atoms with Crippen LogP contribution in [0.4, 0.5) is 0 Å². The Balaban J connectivity index is 1.47. The van der Waals surface area contributed by atoms with Crippen LogP contribution in [0.1, 0.15) is 50.1 Å². The smallest absolute Gasteiger partial charge is 0.270 e. The molecule has 0 spiro atoms. The number of ketones is 1. The van der Waals surface area contributed by atoms with E-state index >= 15 is 0 Å². The van der Waals surface area contributed by atoms with Crippen molar-refractivity contribution in [2.45, 2.75) is 25.8 Å². The van der Waals surface area contributed by atoms with Crippen molar-refractivity contribution in [1.82, 2.24) is 14.8 Å². The number of hydrogen-bond acceptors (Lipinski definition) is 4. The van der Waals surface area contributed by atoms with Gasteiger partial charge in [0.1, 0.15) is 5.69 Å². The molecule has 1 aliphatic heterocycles. The van der Waals surface area contributed by atoms with Crippen molar-refractivity contribution < 1.29 is 14.4 Å². The number of rotatable bonds is 2. The van der Waals surface area contributed by atoms with Gasteiger partial charge in [-0.15, -0.1) is 0 Å². The van der Waals surface area contributed by atoms with Gasteiger partial charge in [0, 0.05) is 49.3 Å². The first-order valence-corrected chi connectivity index (χ1v) is 9.40. The second-order valence-corrected chi connectivity index (χ2v) is 7.32. The normalized spacial score (nSPS) is 18.9. The maximum absolute atomic E-state index is 13.0. The molecule has 0 saturated carbocycles. The third-order valence-electron chi connectivity index (χ3n) is 5.45. The van der Waals surface area contributed by atoms with Gasteiger partial charge in [0.05, 0.1) is 0 Å². The number of aryl methyl sites for hydroxylation is 1. The van der Waals surface area contributed by atoms with E-state index in [1.54, 1.807) is 34.1 Å². The average Bonchev–Trinajstić information content (AvgIpc) is 3.07. The number of amides is 2. The fraction of sp³-hybridized carbons (Fsp3) is 0.333. The summed E-state index contributed by atoms with van der Waals surface area (Å²) < 4.78 is 0. The van der Waals surface area contributed by atoms with Crippen LogP contribution in [0.15, 0.2) is 41.2 Å². The molecule has 1 aliphatic carbocycles. The molecule has 1 aromatic carbocycles. The average molecular weight is 379 g/mol. The van der Waals surface area contributed by atoms with Crippen LogP contribution in [0, 0.1) is 0 Å². The fourth-order valence-corrected chi connectivity index (χ4v) is 3.94. The number of hydrogen-bond donors (Lipinski definition) is 1. The number of benzene rings is 1. The highest BCUT2D eigenvalue weighted by Crippen LogP contribution is 2.24. The second-order valence-electron chi connectivity index (χ2n) is 7.32. The summed E-state index contributed by atoms with van der Waals surface area (Å²) in [6.45, 7) is 3.11. The topological polar surface area (TPSA) is 90.6 Å². The van der Waals surface area contributed by atoms with Crippen molar-refractivity contribution in [3.05, 3.63) is 69.1 Å². The van der Waals surface area contributed by atoms with E-state index in [9.17, 15) is 19.2 Å². The van der Waals surface area contributed by atoms with Crippen LogP contribution >= 0.6 is 0 Å². The second kappa shape index (κ2) is 7.07. The first-order chi connectivity index (χ1) is 13.4. The van der Waals surface area contributed by atoms with Crippen LogP contribution in [0.3, 0.4) is 0 Å². The highest BCUT2D eigenvalue weighted by atomic mass is 16.2. The highest BCUT2D eigenvalue weighted by Gasteiger charge is 2.31. The van der Waals surface area contributed by atoms with Crippen molar-refractivity contribution in [1.29, 1.82) is 0 Å². The maximum Gasteiger partial charge on any atom is 0.270 e. The Morgan fingerprint density at radius 3 is 2.61 bits per heavy atom. The van der Waals surface area contributed by atoms with Crippen LogP contribution in [-0.2, 0) is 6.42 Å². The minimum absolute atomic E-state index is 0.0881. The van der Waals surface area contributed by atoms with Gasteiger partial charge in [-0.2, -0.15) is 0 Å².